The molecule has 0 bridgehead atoms. The summed E-state index contributed by atoms with van der Waals surface area (Å²) in [4.78, 5) is 12.2. The van der Waals surface area contributed by atoms with Gasteiger partial charge in [0, 0.05) is 12.6 Å². The number of anilines is 1. The van der Waals surface area contributed by atoms with Gasteiger partial charge in [0.2, 0.25) is 10.0 Å². The van der Waals surface area contributed by atoms with E-state index >= 15 is 0 Å². The molecule has 0 saturated carbocycles. The maximum atomic E-state index is 12.2. The van der Waals surface area contributed by atoms with Crippen molar-refractivity contribution in [1.29, 1.82) is 0 Å². The fourth-order valence-electron chi connectivity index (χ4n) is 2.32. The lowest BCUT2D eigenvalue weighted by molar-refractivity contribution is 0.0947. The average Bonchev–Trinajstić information content (AvgIpc) is 2.65. The molecule has 0 radical (unpaired) electrons. The fourth-order valence-corrected chi connectivity index (χ4v) is 3.15. The lowest BCUT2D eigenvalue weighted by Gasteiger charge is -2.18. The van der Waals surface area contributed by atoms with Gasteiger partial charge in [0.05, 0.1) is 18.0 Å². The minimum atomic E-state index is -3.32. The largest absolute Gasteiger partial charge is 0.491 e. The zero-order valence-electron chi connectivity index (χ0n) is 15.2. The van der Waals surface area contributed by atoms with Crippen LogP contribution in [0.4, 0.5) is 5.69 Å². The average molecular weight is 376 g/mol. The minimum absolute atomic E-state index is 0.0205. The monoisotopic (exact) mass is 376 g/mol. The molecule has 0 aliphatic rings. The van der Waals surface area contributed by atoms with Crippen LogP contribution in [-0.2, 0) is 10.0 Å². The van der Waals surface area contributed by atoms with Crippen LogP contribution in [0.25, 0.3) is 0 Å². The number of benzene rings is 2. The molecule has 6 nitrogen and oxygen atoms in total. The number of rotatable bonds is 8. The molecule has 0 aliphatic heterocycles. The quantitative estimate of drug-likeness (QED) is 0.719. The summed E-state index contributed by atoms with van der Waals surface area (Å²) in [5.41, 5.74) is 2.03. The molecule has 7 heteroatoms. The van der Waals surface area contributed by atoms with Crippen LogP contribution in [0.5, 0.6) is 5.75 Å². The zero-order valence-corrected chi connectivity index (χ0v) is 16.0. The second-order valence-corrected chi connectivity index (χ2v) is 8.07. The van der Waals surface area contributed by atoms with Crippen LogP contribution in [-0.4, -0.2) is 40.3 Å². The number of aryl methyl sites for hydroxylation is 1. The first kappa shape index (κ1) is 19.8. The number of amides is 1. The summed E-state index contributed by atoms with van der Waals surface area (Å²) in [6.07, 6.45) is 0. The van der Waals surface area contributed by atoms with E-state index in [0.29, 0.717) is 24.4 Å². The molecular formula is C19H24N2O4S. The van der Waals surface area contributed by atoms with Gasteiger partial charge < -0.3 is 10.1 Å². The van der Waals surface area contributed by atoms with E-state index in [2.05, 4.69) is 5.32 Å². The van der Waals surface area contributed by atoms with Crippen molar-refractivity contribution in [2.75, 3.05) is 30.3 Å². The van der Waals surface area contributed by atoms with Gasteiger partial charge in [0.25, 0.3) is 5.91 Å². The van der Waals surface area contributed by atoms with E-state index in [9.17, 15) is 13.2 Å². The zero-order chi connectivity index (χ0) is 19.2. The Morgan fingerprint density at radius 2 is 1.77 bits per heavy atom. The van der Waals surface area contributed by atoms with E-state index in [1.807, 2.05) is 31.2 Å². The standard InChI is InChI=1S/C19H24N2O4S/c1-4-26(23,24)21(3)17-11-9-16(10-12-17)19(22)20-13-14-25-18-8-6-5-7-15(18)2/h5-12H,4,13-14H2,1-3H3,(H,20,22). The Morgan fingerprint density at radius 1 is 1.12 bits per heavy atom. The van der Waals surface area contributed by atoms with Gasteiger partial charge in [-0.1, -0.05) is 18.2 Å². The molecule has 140 valence electrons. The second-order valence-electron chi connectivity index (χ2n) is 5.78. The highest BCUT2D eigenvalue weighted by Gasteiger charge is 2.16. The van der Waals surface area contributed by atoms with Crippen molar-refractivity contribution in [2.24, 2.45) is 0 Å². The molecule has 0 aliphatic carbocycles. The number of sulfonamides is 1. The summed E-state index contributed by atoms with van der Waals surface area (Å²) >= 11 is 0. The van der Waals surface area contributed by atoms with Gasteiger partial charge in [-0.05, 0) is 49.7 Å². The number of carbonyl (C=O) groups excluding carboxylic acids is 1. The third-order valence-electron chi connectivity index (χ3n) is 4.01. The van der Waals surface area contributed by atoms with Gasteiger partial charge in [-0.3, -0.25) is 9.10 Å². The van der Waals surface area contributed by atoms with Gasteiger partial charge in [-0.25, -0.2) is 8.42 Å². The topological polar surface area (TPSA) is 75.7 Å². The SMILES string of the molecule is CCS(=O)(=O)N(C)c1ccc(C(=O)NCCOc2ccccc2C)cc1. The van der Waals surface area contributed by atoms with Gasteiger partial charge in [0.15, 0.2) is 0 Å². The Balaban J connectivity index is 1.87. The van der Waals surface area contributed by atoms with Crippen LogP contribution in [0.15, 0.2) is 48.5 Å². The summed E-state index contributed by atoms with van der Waals surface area (Å²) in [7, 11) is -1.82. The molecule has 2 rings (SSSR count). The molecule has 2 aromatic carbocycles. The van der Waals surface area contributed by atoms with Crippen molar-refractivity contribution in [3.8, 4) is 5.75 Å². The summed E-state index contributed by atoms with van der Waals surface area (Å²) in [6, 6.07) is 14.1. The van der Waals surface area contributed by atoms with Crippen molar-refractivity contribution >= 4 is 21.6 Å². The summed E-state index contributed by atoms with van der Waals surface area (Å²) in [5.74, 6) is 0.587. The predicted octanol–water partition coefficient (Wildman–Crippen LogP) is 2.59. The number of para-hydroxylation sites is 1. The summed E-state index contributed by atoms with van der Waals surface area (Å²) in [6.45, 7) is 4.29. The predicted molar refractivity (Wildman–Crippen MR) is 103 cm³/mol. The summed E-state index contributed by atoms with van der Waals surface area (Å²) in [5, 5.41) is 2.78. The maximum absolute atomic E-state index is 12.2. The molecule has 0 spiro atoms. The van der Waals surface area contributed by atoms with Crippen molar-refractivity contribution in [3.05, 3.63) is 59.7 Å². The maximum Gasteiger partial charge on any atom is 0.251 e. The number of hydrogen-bond acceptors (Lipinski definition) is 4. The lowest BCUT2D eigenvalue weighted by atomic mass is 10.2. The third kappa shape index (κ3) is 4.98. The minimum Gasteiger partial charge on any atom is -0.491 e. The highest BCUT2D eigenvalue weighted by molar-refractivity contribution is 7.92. The molecule has 0 heterocycles. The van der Waals surface area contributed by atoms with Gasteiger partial charge in [0.1, 0.15) is 12.4 Å². The second kappa shape index (κ2) is 8.71. The first-order chi connectivity index (χ1) is 12.3. The van der Waals surface area contributed by atoms with Crippen LogP contribution >= 0.6 is 0 Å². The molecular weight excluding hydrogens is 352 g/mol. The highest BCUT2D eigenvalue weighted by atomic mass is 32.2. The normalized spacial score (nSPS) is 11.0. The number of ether oxygens (including phenoxy) is 1. The van der Waals surface area contributed by atoms with Crippen LogP contribution < -0.4 is 14.4 Å². The molecule has 26 heavy (non-hydrogen) atoms. The lowest BCUT2D eigenvalue weighted by Crippen LogP contribution is -2.29. The van der Waals surface area contributed by atoms with Crippen LogP contribution in [0.3, 0.4) is 0 Å². The Hall–Kier alpha value is -2.54. The van der Waals surface area contributed by atoms with E-state index in [0.717, 1.165) is 11.3 Å². The molecule has 1 N–H and O–H groups in total. The molecule has 0 aromatic heterocycles. The van der Waals surface area contributed by atoms with Crippen molar-refractivity contribution < 1.29 is 17.9 Å². The molecule has 2 aromatic rings. The molecule has 0 saturated heterocycles. The van der Waals surface area contributed by atoms with E-state index in [4.69, 9.17) is 4.74 Å². The van der Waals surface area contributed by atoms with E-state index in [1.54, 1.807) is 31.2 Å². The van der Waals surface area contributed by atoms with E-state index in [1.165, 1.54) is 11.4 Å². The Morgan fingerprint density at radius 3 is 2.38 bits per heavy atom. The van der Waals surface area contributed by atoms with Gasteiger partial charge in [-0.2, -0.15) is 0 Å². The van der Waals surface area contributed by atoms with Crippen LogP contribution in [0, 0.1) is 6.92 Å². The first-order valence-electron chi connectivity index (χ1n) is 8.38. The number of hydrogen-bond donors (Lipinski definition) is 1. The van der Waals surface area contributed by atoms with Gasteiger partial charge in [-0.15, -0.1) is 0 Å². The van der Waals surface area contributed by atoms with E-state index < -0.39 is 10.0 Å². The van der Waals surface area contributed by atoms with Crippen LogP contribution in [0.2, 0.25) is 0 Å². The Bertz CT molecular complexity index is 848. The molecule has 0 unspecified atom stereocenters. The van der Waals surface area contributed by atoms with Gasteiger partial charge >= 0.3 is 0 Å². The summed E-state index contributed by atoms with van der Waals surface area (Å²) < 4.78 is 30.6. The smallest absolute Gasteiger partial charge is 0.251 e. The van der Waals surface area contributed by atoms with Crippen LogP contribution in [0.1, 0.15) is 22.8 Å². The molecule has 1 amide bonds. The van der Waals surface area contributed by atoms with Crippen molar-refractivity contribution in [3.63, 3.8) is 0 Å². The number of carbonyl (C=O) groups is 1. The highest BCUT2D eigenvalue weighted by Crippen LogP contribution is 2.17. The van der Waals surface area contributed by atoms with Crippen molar-refractivity contribution in [1.82, 2.24) is 5.32 Å². The third-order valence-corrected chi connectivity index (χ3v) is 5.79. The Labute approximate surface area is 154 Å². The first-order valence-corrected chi connectivity index (χ1v) is 9.99. The Kier molecular flexibility index (Phi) is 6.63. The fraction of sp³-hybridized carbons (Fsp3) is 0.316. The van der Waals surface area contributed by atoms with E-state index in [-0.39, 0.29) is 11.7 Å². The molecule has 0 fully saturated rings. The number of nitrogens with one attached hydrogen (secondary N) is 1. The van der Waals surface area contributed by atoms with Crippen molar-refractivity contribution in [2.45, 2.75) is 13.8 Å². The number of nitrogens with zero attached hydrogens (tertiary/aromatic N) is 1. The molecule has 0 atom stereocenters.